The molecule has 0 aromatic carbocycles. The molecule has 4 heteroatoms. The number of pyridine rings is 1. The number of nitrogens with zero attached hydrogens (tertiary/aromatic N) is 2. The minimum absolute atomic E-state index is 0. The standard InChI is InChI=1S/C12H21N3.ClH/c1-4-15(10-12(2,3)13)9-11-7-5-6-8-14-11;/h5-8H,4,9-10,13H2,1-3H3;1H. The van der Waals surface area contributed by atoms with Gasteiger partial charge in [0.1, 0.15) is 0 Å². The first-order valence-electron chi connectivity index (χ1n) is 5.42. The largest absolute Gasteiger partial charge is 0.324 e. The van der Waals surface area contributed by atoms with Crippen LogP contribution in [0.25, 0.3) is 0 Å². The Morgan fingerprint density at radius 1 is 1.38 bits per heavy atom. The lowest BCUT2D eigenvalue weighted by atomic mass is 10.1. The molecular weight excluding hydrogens is 222 g/mol. The van der Waals surface area contributed by atoms with Crippen molar-refractivity contribution >= 4 is 12.4 Å². The van der Waals surface area contributed by atoms with Gasteiger partial charge in [0.15, 0.2) is 0 Å². The fraction of sp³-hybridized carbons (Fsp3) is 0.583. The summed E-state index contributed by atoms with van der Waals surface area (Å²) >= 11 is 0. The minimum Gasteiger partial charge on any atom is -0.324 e. The van der Waals surface area contributed by atoms with Crippen LogP contribution < -0.4 is 5.73 Å². The predicted octanol–water partition coefficient (Wildman–Crippen LogP) is 2.06. The zero-order valence-electron chi connectivity index (χ0n) is 10.3. The molecule has 0 saturated heterocycles. The molecule has 0 aliphatic carbocycles. The molecule has 16 heavy (non-hydrogen) atoms. The van der Waals surface area contributed by atoms with E-state index < -0.39 is 0 Å². The van der Waals surface area contributed by atoms with Crippen LogP contribution in [-0.4, -0.2) is 28.5 Å². The van der Waals surface area contributed by atoms with Gasteiger partial charge in [-0.2, -0.15) is 0 Å². The van der Waals surface area contributed by atoms with Crippen LogP contribution >= 0.6 is 12.4 Å². The van der Waals surface area contributed by atoms with Crippen molar-refractivity contribution in [1.82, 2.24) is 9.88 Å². The molecule has 0 aliphatic heterocycles. The smallest absolute Gasteiger partial charge is 0.0543 e. The normalized spacial score (nSPS) is 11.3. The van der Waals surface area contributed by atoms with E-state index in [1.807, 2.05) is 38.2 Å². The van der Waals surface area contributed by atoms with Crippen molar-refractivity contribution in [2.75, 3.05) is 13.1 Å². The van der Waals surface area contributed by atoms with Crippen LogP contribution in [0.15, 0.2) is 24.4 Å². The number of aromatic nitrogens is 1. The summed E-state index contributed by atoms with van der Waals surface area (Å²) in [5, 5.41) is 0. The van der Waals surface area contributed by atoms with Crippen molar-refractivity contribution in [1.29, 1.82) is 0 Å². The third-order valence-corrected chi connectivity index (χ3v) is 2.19. The fourth-order valence-corrected chi connectivity index (χ4v) is 1.58. The summed E-state index contributed by atoms with van der Waals surface area (Å²) in [5.74, 6) is 0. The number of nitrogens with two attached hydrogens (primary N) is 1. The molecule has 1 aromatic rings. The zero-order valence-corrected chi connectivity index (χ0v) is 11.1. The highest BCUT2D eigenvalue weighted by molar-refractivity contribution is 5.85. The van der Waals surface area contributed by atoms with Crippen LogP contribution in [0.4, 0.5) is 0 Å². The van der Waals surface area contributed by atoms with Crippen molar-refractivity contribution in [2.24, 2.45) is 5.73 Å². The summed E-state index contributed by atoms with van der Waals surface area (Å²) in [4.78, 5) is 6.62. The molecule has 3 nitrogen and oxygen atoms in total. The highest BCUT2D eigenvalue weighted by Crippen LogP contribution is 2.06. The second-order valence-electron chi connectivity index (χ2n) is 4.61. The SMILES string of the molecule is CCN(Cc1ccccn1)CC(C)(C)N.Cl. The molecule has 0 bridgehead atoms. The highest BCUT2D eigenvalue weighted by Gasteiger charge is 2.15. The number of likely N-dealkylation sites (N-methyl/N-ethyl adjacent to an activating group) is 1. The Bertz CT molecular complexity index is 282. The van der Waals surface area contributed by atoms with Crippen molar-refractivity contribution < 1.29 is 0 Å². The average molecular weight is 244 g/mol. The summed E-state index contributed by atoms with van der Waals surface area (Å²) < 4.78 is 0. The Hall–Kier alpha value is -0.640. The van der Waals surface area contributed by atoms with Crippen LogP contribution in [0.2, 0.25) is 0 Å². The van der Waals surface area contributed by atoms with Gasteiger partial charge in [0, 0.05) is 24.8 Å². The van der Waals surface area contributed by atoms with Crippen LogP contribution in [0.5, 0.6) is 0 Å². The monoisotopic (exact) mass is 243 g/mol. The first-order valence-corrected chi connectivity index (χ1v) is 5.42. The molecule has 0 aliphatic rings. The first-order chi connectivity index (χ1) is 7.01. The van der Waals surface area contributed by atoms with E-state index in [-0.39, 0.29) is 17.9 Å². The van der Waals surface area contributed by atoms with Gasteiger partial charge in [-0.1, -0.05) is 13.0 Å². The van der Waals surface area contributed by atoms with Crippen LogP contribution in [-0.2, 0) is 6.54 Å². The number of hydrogen-bond donors (Lipinski definition) is 1. The summed E-state index contributed by atoms with van der Waals surface area (Å²) in [6, 6.07) is 6.00. The van der Waals surface area contributed by atoms with Gasteiger partial charge in [0.05, 0.1) is 5.69 Å². The Labute approximate surface area is 104 Å². The predicted molar refractivity (Wildman–Crippen MR) is 70.7 cm³/mol. The summed E-state index contributed by atoms with van der Waals surface area (Å²) in [6.07, 6.45) is 1.83. The molecule has 92 valence electrons. The van der Waals surface area contributed by atoms with Crippen molar-refractivity contribution in [2.45, 2.75) is 32.9 Å². The Kier molecular flexibility index (Phi) is 6.56. The second kappa shape index (κ2) is 6.84. The van der Waals surface area contributed by atoms with Crippen LogP contribution in [0, 0.1) is 0 Å². The first kappa shape index (κ1) is 15.4. The lowest BCUT2D eigenvalue weighted by molar-refractivity contribution is 0.226. The molecule has 1 rings (SSSR count). The van der Waals surface area contributed by atoms with Gasteiger partial charge in [-0.25, -0.2) is 0 Å². The van der Waals surface area contributed by atoms with E-state index in [0.717, 1.165) is 25.3 Å². The van der Waals surface area contributed by atoms with E-state index in [2.05, 4.69) is 16.8 Å². The number of halogens is 1. The molecule has 0 unspecified atom stereocenters. The Morgan fingerprint density at radius 2 is 2.06 bits per heavy atom. The second-order valence-corrected chi connectivity index (χ2v) is 4.61. The maximum Gasteiger partial charge on any atom is 0.0543 e. The topological polar surface area (TPSA) is 42.2 Å². The molecular formula is C12H22ClN3. The molecule has 2 N–H and O–H groups in total. The molecule has 0 fully saturated rings. The van der Waals surface area contributed by atoms with Crippen LogP contribution in [0.1, 0.15) is 26.5 Å². The van der Waals surface area contributed by atoms with Crippen LogP contribution in [0.3, 0.4) is 0 Å². The van der Waals surface area contributed by atoms with Gasteiger partial charge < -0.3 is 5.73 Å². The third-order valence-electron chi connectivity index (χ3n) is 2.19. The molecule has 0 atom stereocenters. The van der Waals surface area contributed by atoms with Crippen molar-refractivity contribution in [3.63, 3.8) is 0 Å². The summed E-state index contributed by atoms with van der Waals surface area (Å²) in [6.45, 7) is 9.01. The summed E-state index contributed by atoms with van der Waals surface area (Å²) in [5.41, 5.74) is 6.96. The zero-order chi connectivity index (χ0) is 11.3. The fourth-order valence-electron chi connectivity index (χ4n) is 1.58. The number of hydrogen-bond acceptors (Lipinski definition) is 3. The van der Waals surface area contributed by atoms with Gasteiger partial charge in [-0.15, -0.1) is 12.4 Å². The van der Waals surface area contributed by atoms with E-state index in [9.17, 15) is 0 Å². The Balaban J connectivity index is 0.00000225. The third kappa shape index (κ3) is 6.05. The van der Waals surface area contributed by atoms with E-state index in [0.29, 0.717) is 0 Å². The molecule has 0 saturated carbocycles. The highest BCUT2D eigenvalue weighted by atomic mass is 35.5. The van der Waals surface area contributed by atoms with Crippen molar-refractivity contribution in [3.8, 4) is 0 Å². The molecule has 1 heterocycles. The molecule has 0 radical (unpaired) electrons. The van der Waals surface area contributed by atoms with Gasteiger partial charge in [-0.05, 0) is 32.5 Å². The Morgan fingerprint density at radius 3 is 2.50 bits per heavy atom. The summed E-state index contributed by atoms with van der Waals surface area (Å²) in [7, 11) is 0. The minimum atomic E-state index is -0.148. The molecule has 1 aromatic heterocycles. The molecule has 0 spiro atoms. The lowest BCUT2D eigenvalue weighted by Crippen LogP contribution is -2.45. The van der Waals surface area contributed by atoms with Gasteiger partial charge >= 0.3 is 0 Å². The lowest BCUT2D eigenvalue weighted by Gasteiger charge is -2.28. The van der Waals surface area contributed by atoms with E-state index in [1.54, 1.807) is 0 Å². The van der Waals surface area contributed by atoms with E-state index in [4.69, 9.17) is 5.73 Å². The van der Waals surface area contributed by atoms with E-state index in [1.165, 1.54) is 0 Å². The van der Waals surface area contributed by atoms with Gasteiger partial charge in [0.25, 0.3) is 0 Å². The van der Waals surface area contributed by atoms with E-state index >= 15 is 0 Å². The maximum atomic E-state index is 6.00. The molecule has 0 amide bonds. The van der Waals surface area contributed by atoms with Crippen molar-refractivity contribution in [3.05, 3.63) is 30.1 Å². The maximum absolute atomic E-state index is 6.00. The quantitative estimate of drug-likeness (QED) is 0.861. The van der Waals surface area contributed by atoms with Gasteiger partial charge in [0.2, 0.25) is 0 Å². The average Bonchev–Trinajstić information content (AvgIpc) is 2.16. The van der Waals surface area contributed by atoms with Gasteiger partial charge in [-0.3, -0.25) is 9.88 Å². The number of rotatable bonds is 5.